The van der Waals surface area contributed by atoms with E-state index in [0.29, 0.717) is 6.54 Å². The van der Waals surface area contributed by atoms with Crippen LogP contribution in [0.15, 0.2) is 47.5 Å². The van der Waals surface area contributed by atoms with Gasteiger partial charge in [0.25, 0.3) is 0 Å². The minimum Gasteiger partial charge on any atom is -0.326 e. The normalized spacial score (nSPS) is 13.7. The second-order valence-electron chi connectivity index (χ2n) is 5.77. The number of aliphatic imine (C=N–C) groups is 1. The number of rotatable bonds is 5. The average Bonchev–Trinajstić information content (AvgIpc) is 3.01. The van der Waals surface area contributed by atoms with Gasteiger partial charge in [-0.25, -0.2) is 4.39 Å². The molecule has 0 radical (unpaired) electrons. The van der Waals surface area contributed by atoms with Crippen molar-refractivity contribution in [3.05, 3.63) is 65.0 Å². The van der Waals surface area contributed by atoms with E-state index in [1.54, 1.807) is 12.1 Å². The van der Waals surface area contributed by atoms with E-state index < -0.39 is 0 Å². The van der Waals surface area contributed by atoms with Gasteiger partial charge in [-0.2, -0.15) is 0 Å². The van der Waals surface area contributed by atoms with Crippen molar-refractivity contribution in [3.8, 4) is 0 Å². The molecule has 118 valence electrons. The van der Waals surface area contributed by atoms with E-state index in [-0.39, 0.29) is 17.6 Å². The summed E-state index contributed by atoms with van der Waals surface area (Å²) in [5.41, 5.74) is 3.84. The Bertz CT molecular complexity index is 738. The van der Waals surface area contributed by atoms with E-state index in [0.717, 1.165) is 29.7 Å². The van der Waals surface area contributed by atoms with E-state index in [9.17, 15) is 9.18 Å². The molecule has 3 nitrogen and oxygen atoms in total. The highest BCUT2D eigenvalue weighted by molar-refractivity contribution is 5.97. The average molecular weight is 310 g/mol. The lowest BCUT2D eigenvalue weighted by Crippen LogP contribution is -2.21. The molecule has 1 heterocycles. The molecule has 23 heavy (non-hydrogen) atoms. The fourth-order valence-corrected chi connectivity index (χ4v) is 2.84. The van der Waals surface area contributed by atoms with Crippen LogP contribution >= 0.6 is 0 Å². The van der Waals surface area contributed by atoms with E-state index in [1.807, 2.05) is 31.3 Å². The van der Waals surface area contributed by atoms with E-state index in [4.69, 9.17) is 0 Å². The lowest BCUT2D eigenvalue weighted by atomic mass is 9.93. The van der Waals surface area contributed by atoms with Crippen molar-refractivity contribution in [1.29, 1.82) is 0 Å². The Morgan fingerprint density at radius 2 is 2.04 bits per heavy atom. The molecule has 0 saturated heterocycles. The summed E-state index contributed by atoms with van der Waals surface area (Å²) in [7, 11) is 0. The summed E-state index contributed by atoms with van der Waals surface area (Å²) < 4.78 is 13.1. The summed E-state index contributed by atoms with van der Waals surface area (Å²) in [6.07, 6.45) is 3.44. The summed E-state index contributed by atoms with van der Waals surface area (Å²) in [6.45, 7) is 2.74. The molecule has 3 rings (SSSR count). The molecule has 1 atom stereocenters. The van der Waals surface area contributed by atoms with Gasteiger partial charge in [0, 0.05) is 11.9 Å². The van der Waals surface area contributed by atoms with Crippen molar-refractivity contribution in [2.45, 2.75) is 32.2 Å². The highest BCUT2D eigenvalue weighted by Crippen LogP contribution is 2.25. The van der Waals surface area contributed by atoms with Gasteiger partial charge in [-0.1, -0.05) is 31.5 Å². The summed E-state index contributed by atoms with van der Waals surface area (Å²) >= 11 is 0. The Morgan fingerprint density at radius 1 is 1.26 bits per heavy atom. The number of carbonyl (C=O) groups is 1. The minimum absolute atomic E-state index is 0.0617. The monoisotopic (exact) mass is 310 g/mol. The zero-order valence-electron chi connectivity index (χ0n) is 13.1. The maximum Gasteiger partial charge on any atom is 0.231 e. The zero-order chi connectivity index (χ0) is 16.2. The van der Waals surface area contributed by atoms with Crippen LogP contribution in [0, 0.1) is 5.82 Å². The quantitative estimate of drug-likeness (QED) is 0.880. The number of halogens is 1. The summed E-state index contributed by atoms with van der Waals surface area (Å²) in [6, 6.07) is 12.0. The molecule has 2 aromatic rings. The van der Waals surface area contributed by atoms with Crippen LogP contribution in [0.5, 0.6) is 0 Å². The van der Waals surface area contributed by atoms with Crippen molar-refractivity contribution in [3.63, 3.8) is 0 Å². The molecule has 0 saturated carbocycles. The molecule has 0 spiro atoms. The maximum atomic E-state index is 13.1. The number of hydrogen-bond donors (Lipinski definition) is 1. The van der Waals surface area contributed by atoms with E-state index in [2.05, 4.69) is 10.3 Å². The minimum atomic E-state index is -0.290. The van der Waals surface area contributed by atoms with Crippen LogP contribution in [-0.4, -0.2) is 12.1 Å². The van der Waals surface area contributed by atoms with Gasteiger partial charge in [-0.3, -0.25) is 9.79 Å². The number of nitrogens with one attached hydrogen (secondary N) is 1. The first kappa shape index (κ1) is 15.4. The molecule has 1 amide bonds. The van der Waals surface area contributed by atoms with Crippen LogP contribution in [0.4, 0.5) is 10.1 Å². The zero-order valence-corrected chi connectivity index (χ0v) is 13.1. The summed E-state index contributed by atoms with van der Waals surface area (Å²) in [5.74, 6) is -0.627. The van der Waals surface area contributed by atoms with Crippen LogP contribution < -0.4 is 5.32 Å². The van der Waals surface area contributed by atoms with E-state index in [1.165, 1.54) is 17.7 Å². The highest BCUT2D eigenvalue weighted by atomic mass is 19.1. The Labute approximate surface area is 135 Å². The molecular weight excluding hydrogens is 291 g/mol. The predicted octanol–water partition coefficient (Wildman–Crippen LogP) is 4.28. The highest BCUT2D eigenvalue weighted by Gasteiger charge is 2.20. The number of anilines is 1. The molecule has 1 aliphatic rings. The second kappa shape index (κ2) is 6.73. The molecule has 4 heteroatoms. The Kier molecular flexibility index (Phi) is 4.51. The number of fused-ring (bicyclic) bond motifs is 1. The Balaban J connectivity index is 1.78. The van der Waals surface area contributed by atoms with Gasteiger partial charge >= 0.3 is 0 Å². The van der Waals surface area contributed by atoms with Crippen molar-refractivity contribution in [1.82, 2.24) is 0 Å². The molecule has 1 N–H and O–H groups in total. The first-order chi connectivity index (χ1) is 11.2. The summed E-state index contributed by atoms with van der Waals surface area (Å²) in [5, 5.41) is 2.98. The van der Waals surface area contributed by atoms with Crippen LogP contribution in [-0.2, 0) is 11.3 Å². The van der Waals surface area contributed by atoms with Gasteiger partial charge in [-0.05, 0) is 47.4 Å². The Morgan fingerprint density at radius 3 is 2.78 bits per heavy atom. The first-order valence-electron chi connectivity index (χ1n) is 7.86. The molecule has 0 aromatic heterocycles. The third-order valence-corrected chi connectivity index (χ3v) is 4.07. The van der Waals surface area contributed by atoms with Gasteiger partial charge in [0.1, 0.15) is 5.82 Å². The second-order valence-corrected chi connectivity index (χ2v) is 5.77. The number of carbonyl (C=O) groups excluding carboxylic acids is 1. The molecule has 1 unspecified atom stereocenters. The largest absolute Gasteiger partial charge is 0.326 e. The summed E-state index contributed by atoms with van der Waals surface area (Å²) in [4.78, 5) is 16.9. The molecule has 2 aromatic carbocycles. The molecular formula is C19H19FN2O. The van der Waals surface area contributed by atoms with Crippen molar-refractivity contribution in [2.75, 3.05) is 5.32 Å². The van der Waals surface area contributed by atoms with Crippen LogP contribution in [0.2, 0.25) is 0 Å². The number of benzene rings is 2. The molecule has 1 aliphatic heterocycles. The van der Waals surface area contributed by atoms with Crippen molar-refractivity contribution >= 4 is 17.8 Å². The topological polar surface area (TPSA) is 41.5 Å². The van der Waals surface area contributed by atoms with Crippen LogP contribution in [0.25, 0.3) is 0 Å². The van der Waals surface area contributed by atoms with E-state index >= 15 is 0 Å². The Hall–Kier alpha value is -2.49. The molecule has 0 bridgehead atoms. The number of hydrogen-bond acceptors (Lipinski definition) is 2. The van der Waals surface area contributed by atoms with Gasteiger partial charge in [-0.15, -0.1) is 0 Å². The predicted molar refractivity (Wildman–Crippen MR) is 90.4 cm³/mol. The maximum absolute atomic E-state index is 13.1. The fourth-order valence-electron chi connectivity index (χ4n) is 2.84. The van der Waals surface area contributed by atoms with Crippen LogP contribution in [0.3, 0.4) is 0 Å². The third kappa shape index (κ3) is 3.47. The van der Waals surface area contributed by atoms with Gasteiger partial charge in [0.15, 0.2) is 0 Å². The SMILES string of the molecule is CCCC(C(=O)Nc1ccc2c(c1)C=NC2)c1ccc(F)cc1. The lowest BCUT2D eigenvalue weighted by Gasteiger charge is -2.17. The lowest BCUT2D eigenvalue weighted by molar-refractivity contribution is -0.117. The third-order valence-electron chi connectivity index (χ3n) is 4.07. The smallest absolute Gasteiger partial charge is 0.231 e. The molecule has 0 aliphatic carbocycles. The van der Waals surface area contributed by atoms with Crippen LogP contribution in [0.1, 0.15) is 42.4 Å². The van der Waals surface area contributed by atoms with Crippen molar-refractivity contribution in [2.24, 2.45) is 4.99 Å². The van der Waals surface area contributed by atoms with Gasteiger partial charge in [0.05, 0.1) is 12.5 Å². The molecule has 0 fully saturated rings. The van der Waals surface area contributed by atoms with Crippen molar-refractivity contribution < 1.29 is 9.18 Å². The number of nitrogens with zero attached hydrogens (tertiary/aromatic N) is 1. The first-order valence-corrected chi connectivity index (χ1v) is 7.86. The van der Waals surface area contributed by atoms with Gasteiger partial charge in [0.2, 0.25) is 5.91 Å². The fraction of sp³-hybridized carbons (Fsp3) is 0.263. The standard InChI is InChI=1S/C19H19FN2O/c1-2-3-18(13-4-7-16(20)8-5-13)19(23)22-17-9-6-14-11-21-12-15(14)10-17/h4-10,12,18H,2-3,11H2,1H3,(H,22,23). The number of amides is 1. The van der Waals surface area contributed by atoms with Gasteiger partial charge < -0.3 is 5.32 Å².